The van der Waals surface area contributed by atoms with E-state index in [4.69, 9.17) is 0 Å². The molecule has 0 radical (unpaired) electrons. The highest BCUT2D eigenvalue weighted by molar-refractivity contribution is 6.34. The Morgan fingerprint density at radius 2 is 2.18 bits per heavy atom. The van der Waals surface area contributed by atoms with E-state index in [-0.39, 0.29) is 5.75 Å². The van der Waals surface area contributed by atoms with E-state index in [1.165, 1.54) is 0 Å². The van der Waals surface area contributed by atoms with Gasteiger partial charge in [0.1, 0.15) is 19.9 Å². The molecular formula is C8H9BO2. The van der Waals surface area contributed by atoms with E-state index >= 15 is 0 Å². The summed E-state index contributed by atoms with van der Waals surface area (Å²) in [6.07, 6.45) is 0.777. The van der Waals surface area contributed by atoms with E-state index < -0.39 is 0 Å². The Hall–Kier alpha value is -1.25. The quantitative estimate of drug-likeness (QED) is 0.441. The standard InChI is InChI=1S/C8H9BO2/c1-5-2-6(4-10)3-7(9)8(5)11/h2-4,11H,9H2,1H3. The van der Waals surface area contributed by atoms with Crippen molar-refractivity contribution in [1.82, 2.24) is 0 Å². The van der Waals surface area contributed by atoms with Gasteiger partial charge in [0, 0.05) is 5.56 Å². The summed E-state index contributed by atoms with van der Waals surface area (Å²) in [6, 6.07) is 3.32. The van der Waals surface area contributed by atoms with Crippen molar-refractivity contribution in [3.05, 3.63) is 23.3 Å². The molecule has 1 rings (SSSR count). The summed E-state index contributed by atoms with van der Waals surface area (Å²) in [5.74, 6) is 0.274. The van der Waals surface area contributed by atoms with Crippen molar-refractivity contribution in [3.63, 3.8) is 0 Å². The third-order valence-corrected chi connectivity index (χ3v) is 1.65. The molecular weight excluding hydrogens is 139 g/mol. The normalized spacial score (nSPS) is 9.55. The number of rotatable bonds is 1. The zero-order valence-corrected chi connectivity index (χ0v) is 6.59. The van der Waals surface area contributed by atoms with Gasteiger partial charge in [-0.1, -0.05) is 6.07 Å². The van der Waals surface area contributed by atoms with E-state index in [1.807, 2.05) is 0 Å². The number of hydrogen-bond acceptors (Lipinski definition) is 2. The highest BCUT2D eigenvalue weighted by Gasteiger charge is 2.01. The van der Waals surface area contributed by atoms with Gasteiger partial charge in [-0.25, -0.2) is 0 Å². The molecule has 1 aromatic rings. The molecule has 1 N–H and O–H groups in total. The molecule has 0 aromatic heterocycles. The third-order valence-electron chi connectivity index (χ3n) is 1.65. The van der Waals surface area contributed by atoms with E-state index in [9.17, 15) is 9.90 Å². The number of carbonyl (C=O) groups excluding carboxylic acids is 1. The van der Waals surface area contributed by atoms with Crippen LogP contribution in [0.4, 0.5) is 0 Å². The van der Waals surface area contributed by atoms with Crippen LogP contribution in [0.15, 0.2) is 12.1 Å². The average Bonchev–Trinajstić information content (AvgIpc) is 1.99. The SMILES string of the molecule is Bc1cc(C=O)cc(C)c1O. The Kier molecular flexibility index (Phi) is 1.99. The predicted octanol–water partition coefficient (Wildman–Crippen LogP) is -0.228. The summed E-state index contributed by atoms with van der Waals surface area (Å²) in [7, 11) is 1.77. The van der Waals surface area contributed by atoms with Crippen molar-refractivity contribution in [2.45, 2.75) is 6.92 Å². The maximum atomic E-state index is 10.3. The van der Waals surface area contributed by atoms with Gasteiger partial charge in [-0.3, -0.25) is 4.79 Å². The Bertz CT molecular complexity index is 271. The summed E-state index contributed by atoms with van der Waals surface area (Å²) in [6.45, 7) is 1.77. The maximum Gasteiger partial charge on any atom is 0.150 e. The van der Waals surface area contributed by atoms with Gasteiger partial charge < -0.3 is 5.11 Å². The number of hydrogen-bond donors (Lipinski definition) is 1. The van der Waals surface area contributed by atoms with Crippen LogP contribution < -0.4 is 5.46 Å². The molecule has 0 amide bonds. The number of aldehydes is 1. The van der Waals surface area contributed by atoms with E-state index in [1.54, 1.807) is 26.9 Å². The summed E-state index contributed by atoms with van der Waals surface area (Å²) in [5.41, 5.74) is 2.09. The molecule has 0 heterocycles. The van der Waals surface area contributed by atoms with Gasteiger partial charge in [-0.05, 0) is 24.0 Å². The first-order valence-corrected chi connectivity index (χ1v) is 3.40. The van der Waals surface area contributed by atoms with Crippen LogP contribution in [0.25, 0.3) is 0 Å². The highest BCUT2D eigenvalue weighted by atomic mass is 16.3. The molecule has 56 valence electrons. The molecule has 0 aliphatic carbocycles. The van der Waals surface area contributed by atoms with Gasteiger partial charge in [0.05, 0.1) is 0 Å². The lowest BCUT2D eigenvalue weighted by molar-refractivity contribution is 0.112. The number of phenols is 1. The molecule has 0 saturated heterocycles. The number of carbonyl (C=O) groups is 1. The number of aryl methyl sites for hydroxylation is 1. The molecule has 0 spiro atoms. The molecule has 0 fully saturated rings. The number of benzene rings is 1. The van der Waals surface area contributed by atoms with Crippen LogP contribution in [0.1, 0.15) is 15.9 Å². The molecule has 0 aliphatic rings. The fourth-order valence-electron chi connectivity index (χ4n) is 1.06. The zero-order chi connectivity index (χ0) is 8.43. The monoisotopic (exact) mass is 148 g/mol. The van der Waals surface area contributed by atoms with Crippen molar-refractivity contribution in [2.24, 2.45) is 0 Å². The van der Waals surface area contributed by atoms with Crippen molar-refractivity contribution in [3.8, 4) is 5.75 Å². The lowest BCUT2D eigenvalue weighted by atomic mass is 9.91. The molecule has 0 saturated carbocycles. The molecule has 0 unspecified atom stereocenters. The Morgan fingerprint density at radius 1 is 1.55 bits per heavy atom. The van der Waals surface area contributed by atoms with Crippen LogP contribution in [0, 0.1) is 6.92 Å². The first kappa shape index (κ1) is 7.86. The molecule has 1 aromatic carbocycles. The first-order chi connectivity index (χ1) is 5.15. The summed E-state index contributed by atoms with van der Waals surface area (Å²) in [5, 5.41) is 9.31. The second-order valence-electron chi connectivity index (χ2n) is 2.62. The minimum atomic E-state index is 0.274. The van der Waals surface area contributed by atoms with Gasteiger partial charge in [0.15, 0.2) is 0 Å². The molecule has 0 bridgehead atoms. The first-order valence-electron chi connectivity index (χ1n) is 3.40. The summed E-state index contributed by atoms with van der Waals surface area (Å²) < 4.78 is 0. The largest absolute Gasteiger partial charge is 0.508 e. The van der Waals surface area contributed by atoms with Gasteiger partial charge >= 0.3 is 0 Å². The molecule has 11 heavy (non-hydrogen) atoms. The van der Waals surface area contributed by atoms with Crippen LogP contribution in [-0.4, -0.2) is 19.2 Å². The second kappa shape index (κ2) is 2.78. The van der Waals surface area contributed by atoms with Crippen LogP contribution in [0.5, 0.6) is 5.75 Å². The molecule has 2 nitrogen and oxygen atoms in total. The van der Waals surface area contributed by atoms with E-state index in [0.29, 0.717) is 5.56 Å². The molecule has 0 aliphatic heterocycles. The van der Waals surface area contributed by atoms with Crippen molar-refractivity contribution in [1.29, 1.82) is 0 Å². The number of phenolic OH excluding ortho intramolecular Hbond substituents is 1. The molecule has 0 atom stereocenters. The van der Waals surface area contributed by atoms with E-state index in [0.717, 1.165) is 17.3 Å². The van der Waals surface area contributed by atoms with Crippen LogP contribution in [-0.2, 0) is 0 Å². The lowest BCUT2D eigenvalue weighted by Crippen LogP contribution is -2.05. The average molecular weight is 148 g/mol. The minimum Gasteiger partial charge on any atom is -0.508 e. The topological polar surface area (TPSA) is 37.3 Å². The predicted molar refractivity (Wildman–Crippen MR) is 46.4 cm³/mol. The van der Waals surface area contributed by atoms with E-state index in [2.05, 4.69) is 0 Å². The van der Waals surface area contributed by atoms with Crippen LogP contribution >= 0.6 is 0 Å². The second-order valence-corrected chi connectivity index (χ2v) is 2.62. The number of aromatic hydroxyl groups is 1. The summed E-state index contributed by atoms with van der Waals surface area (Å²) in [4.78, 5) is 10.3. The van der Waals surface area contributed by atoms with Gasteiger partial charge in [0.25, 0.3) is 0 Å². The Labute approximate surface area is 66.3 Å². The van der Waals surface area contributed by atoms with Gasteiger partial charge in [-0.2, -0.15) is 0 Å². The van der Waals surface area contributed by atoms with Gasteiger partial charge in [0.2, 0.25) is 0 Å². The van der Waals surface area contributed by atoms with Gasteiger partial charge in [-0.15, -0.1) is 0 Å². The Balaban J connectivity index is 3.31. The van der Waals surface area contributed by atoms with Crippen molar-refractivity contribution in [2.75, 3.05) is 0 Å². The smallest absolute Gasteiger partial charge is 0.150 e. The fourth-order valence-corrected chi connectivity index (χ4v) is 1.06. The van der Waals surface area contributed by atoms with Crippen LogP contribution in [0.2, 0.25) is 0 Å². The fraction of sp³-hybridized carbons (Fsp3) is 0.125. The maximum absolute atomic E-state index is 10.3. The van der Waals surface area contributed by atoms with Crippen LogP contribution in [0.3, 0.4) is 0 Å². The third kappa shape index (κ3) is 1.42. The minimum absolute atomic E-state index is 0.274. The summed E-state index contributed by atoms with van der Waals surface area (Å²) >= 11 is 0. The molecule has 3 heteroatoms. The Morgan fingerprint density at radius 3 is 2.64 bits per heavy atom. The van der Waals surface area contributed by atoms with Crippen molar-refractivity contribution >= 4 is 19.6 Å². The highest BCUT2D eigenvalue weighted by Crippen LogP contribution is 2.12. The lowest BCUT2D eigenvalue weighted by Gasteiger charge is -2.02. The van der Waals surface area contributed by atoms with Crippen molar-refractivity contribution < 1.29 is 9.90 Å². The zero-order valence-electron chi connectivity index (χ0n) is 6.59.